The predicted octanol–water partition coefficient (Wildman–Crippen LogP) is 1.56. The van der Waals surface area contributed by atoms with Crippen LogP contribution < -0.4 is 16.0 Å². The first kappa shape index (κ1) is 13.4. The fourth-order valence-corrected chi connectivity index (χ4v) is 1.98. The maximum absolute atomic E-state index is 11.9. The standard InChI is InChI=1S/C13H17N3O3/c1-19-13(18)16-10-5-2-4-9(8-10)15-12(17)11-6-3-7-14-11/h2,4-5,8,11,14H,3,6-7H2,1H3,(H,15,17)(H,16,18)/t11-/m0/s1. The van der Waals surface area contributed by atoms with Crippen molar-refractivity contribution in [2.24, 2.45) is 0 Å². The second kappa shape index (κ2) is 6.19. The van der Waals surface area contributed by atoms with Gasteiger partial charge in [0.1, 0.15) is 0 Å². The molecular formula is C13H17N3O3. The van der Waals surface area contributed by atoms with E-state index in [4.69, 9.17) is 0 Å². The molecule has 102 valence electrons. The van der Waals surface area contributed by atoms with Gasteiger partial charge in [-0.15, -0.1) is 0 Å². The number of hydrogen-bond acceptors (Lipinski definition) is 4. The fourth-order valence-electron chi connectivity index (χ4n) is 1.98. The lowest BCUT2D eigenvalue weighted by Crippen LogP contribution is -2.35. The van der Waals surface area contributed by atoms with Gasteiger partial charge in [-0.2, -0.15) is 0 Å². The second-order valence-electron chi connectivity index (χ2n) is 4.34. The zero-order chi connectivity index (χ0) is 13.7. The number of carbonyl (C=O) groups is 2. The van der Waals surface area contributed by atoms with E-state index in [1.807, 2.05) is 0 Å². The molecule has 1 aromatic rings. The van der Waals surface area contributed by atoms with Crippen LogP contribution in [0.15, 0.2) is 24.3 Å². The van der Waals surface area contributed by atoms with Crippen molar-refractivity contribution in [2.75, 3.05) is 24.3 Å². The molecule has 2 amide bonds. The topological polar surface area (TPSA) is 79.5 Å². The molecule has 0 bridgehead atoms. The molecule has 6 heteroatoms. The first-order chi connectivity index (χ1) is 9.19. The largest absolute Gasteiger partial charge is 0.453 e. The summed E-state index contributed by atoms with van der Waals surface area (Å²) in [6, 6.07) is 6.81. The maximum atomic E-state index is 11.9. The Balaban J connectivity index is 1.98. The highest BCUT2D eigenvalue weighted by Crippen LogP contribution is 2.16. The molecule has 19 heavy (non-hydrogen) atoms. The predicted molar refractivity (Wildman–Crippen MR) is 72.1 cm³/mol. The van der Waals surface area contributed by atoms with Crippen LogP contribution in [-0.2, 0) is 9.53 Å². The van der Waals surface area contributed by atoms with Crippen LogP contribution >= 0.6 is 0 Å². The van der Waals surface area contributed by atoms with Gasteiger partial charge in [0, 0.05) is 11.4 Å². The third-order valence-corrected chi connectivity index (χ3v) is 2.94. The Morgan fingerprint density at radius 2 is 2.05 bits per heavy atom. The summed E-state index contributed by atoms with van der Waals surface area (Å²) in [5.41, 5.74) is 1.22. The molecule has 3 N–H and O–H groups in total. The minimum absolute atomic E-state index is 0.0484. The van der Waals surface area contributed by atoms with E-state index in [1.54, 1.807) is 24.3 Å². The van der Waals surface area contributed by atoms with Crippen molar-refractivity contribution in [1.82, 2.24) is 5.32 Å². The fraction of sp³-hybridized carbons (Fsp3) is 0.385. The summed E-state index contributed by atoms with van der Waals surface area (Å²) in [6.45, 7) is 0.877. The third kappa shape index (κ3) is 3.69. The van der Waals surface area contributed by atoms with Crippen molar-refractivity contribution >= 4 is 23.4 Å². The average molecular weight is 263 g/mol. The zero-order valence-corrected chi connectivity index (χ0v) is 10.7. The van der Waals surface area contributed by atoms with Gasteiger partial charge < -0.3 is 15.4 Å². The molecule has 1 aromatic carbocycles. The number of rotatable bonds is 3. The molecule has 1 saturated heterocycles. The van der Waals surface area contributed by atoms with E-state index in [9.17, 15) is 9.59 Å². The molecule has 1 heterocycles. The molecule has 1 fully saturated rings. The van der Waals surface area contributed by atoms with E-state index in [0.29, 0.717) is 11.4 Å². The van der Waals surface area contributed by atoms with Crippen molar-refractivity contribution in [1.29, 1.82) is 0 Å². The average Bonchev–Trinajstić information content (AvgIpc) is 2.93. The lowest BCUT2D eigenvalue weighted by Gasteiger charge is -2.12. The summed E-state index contributed by atoms with van der Waals surface area (Å²) >= 11 is 0. The minimum Gasteiger partial charge on any atom is -0.453 e. The van der Waals surface area contributed by atoms with Crippen LogP contribution in [0.2, 0.25) is 0 Å². The van der Waals surface area contributed by atoms with E-state index in [-0.39, 0.29) is 11.9 Å². The molecular weight excluding hydrogens is 246 g/mol. The summed E-state index contributed by atoms with van der Waals surface area (Å²) in [6.07, 6.45) is 1.33. The van der Waals surface area contributed by atoms with E-state index >= 15 is 0 Å². The molecule has 1 aliphatic heterocycles. The summed E-state index contributed by atoms with van der Waals surface area (Å²) < 4.78 is 4.51. The van der Waals surface area contributed by atoms with Gasteiger partial charge in [-0.25, -0.2) is 4.79 Å². The first-order valence-corrected chi connectivity index (χ1v) is 6.18. The molecule has 0 spiro atoms. The third-order valence-electron chi connectivity index (χ3n) is 2.94. The van der Waals surface area contributed by atoms with Crippen LogP contribution in [0.25, 0.3) is 0 Å². The Morgan fingerprint density at radius 1 is 1.32 bits per heavy atom. The van der Waals surface area contributed by atoms with Gasteiger partial charge in [0.2, 0.25) is 5.91 Å². The van der Waals surface area contributed by atoms with Crippen molar-refractivity contribution in [3.63, 3.8) is 0 Å². The molecule has 0 radical (unpaired) electrons. The van der Waals surface area contributed by atoms with Crippen molar-refractivity contribution < 1.29 is 14.3 Å². The first-order valence-electron chi connectivity index (χ1n) is 6.18. The van der Waals surface area contributed by atoms with E-state index in [0.717, 1.165) is 19.4 Å². The van der Waals surface area contributed by atoms with Gasteiger partial charge in [-0.1, -0.05) is 6.07 Å². The highest BCUT2D eigenvalue weighted by Gasteiger charge is 2.21. The summed E-state index contributed by atoms with van der Waals surface area (Å²) in [4.78, 5) is 23.0. The Hall–Kier alpha value is -2.08. The van der Waals surface area contributed by atoms with Crippen molar-refractivity contribution in [2.45, 2.75) is 18.9 Å². The molecule has 0 aliphatic carbocycles. The summed E-state index contributed by atoms with van der Waals surface area (Å²) in [7, 11) is 1.30. The quantitative estimate of drug-likeness (QED) is 0.773. The lowest BCUT2D eigenvalue weighted by molar-refractivity contribution is -0.117. The number of nitrogens with one attached hydrogen (secondary N) is 3. The highest BCUT2D eigenvalue weighted by molar-refractivity contribution is 5.96. The van der Waals surface area contributed by atoms with Gasteiger partial charge in [-0.3, -0.25) is 10.1 Å². The zero-order valence-electron chi connectivity index (χ0n) is 10.7. The van der Waals surface area contributed by atoms with Crippen LogP contribution in [-0.4, -0.2) is 31.7 Å². The number of benzene rings is 1. The minimum atomic E-state index is -0.541. The summed E-state index contributed by atoms with van der Waals surface area (Å²) in [5.74, 6) is -0.0484. The monoisotopic (exact) mass is 263 g/mol. The Kier molecular flexibility index (Phi) is 4.35. The molecule has 1 aliphatic rings. The molecule has 2 rings (SSSR count). The molecule has 0 aromatic heterocycles. The lowest BCUT2D eigenvalue weighted by atomic mass is 10.2. The van der Waals surface area contributed by atoms with E-state index < -0.39 is 6.09 Å². The van der Waals surface area contributed by atoms with Crippen LogP contribution in [0.3, 0.4) is 0 Å². The van der Waals surface area contributed by atoms with Crippen LogP contribution in [0, 0.1) is 0 Å². The number of amides is 2. The molecule has 6 nitrogen and oxygen atoms in total. The number of ether oxygens (including phenoxy) is 1. The van der Waals surface area contributed by atoms with Crippen molar-refractivity contribution in [3.8, 4) is 0 Å². The highest BCUT2D eigenvalue weighted by atomic mass is 16.5. The van der Waals surface area contributed by atoms with Crippen LogP contribution in [0.4, 0.5) is 16.2 Å². The number of hydrogen-bond donors (Lipinski definition) is 3. The summed E-state index contributed by atoms with van der Waals surface area (Å²) in [5, 5.41) is 8.50. The molecule has 0 saturated carbocycles. The Bertz CT molecular complexity index is 470. The smallest absolute Gasteiger partial charge is 0.411 e. The number of methoxy groups -OCH3 is 1. The molecule has 1 atom stereocenters. The van der Waals surface area contributed by atoms with Gasteiger partial charge in [0.25, 0.3) is 0 Å². The maximum Gasteiger partial charge on any atom is 0.411 e. The van der Waals surface area contributed by atoms with E-state index in [2.05, 4.69) is 20.7 Å². The normalized spacial score (nSPS) is 17.8. The Morgan fingerprint density at radius 3 is 2.68 bits per heavy atom. The van der Waals surface area contributed by atoms with Gasteiger partial charge in [-0.05, 0) is 37.6 Å². The number of anilines is 2. The molecule has 0 unspecified atom stereocenters. The van der Waals surface area contributed by atoms with Gasteiger partial charge in [0.05, 0.1) is 13.2 Å². The van der Waals surface area contributed by atoms with Gasteiger partial charge >= 0.3 is 6.09 Å². The van der Waals surface area contributed by atoms with Crippen LogP contribution in [0.1, 0.15) is 12.8 Å². The SMILES string of the molecule is COC(=O)Nc1cccc(NC(=O)[C@@H]2CCCN2)c1. The van der Waals surface area contributed by atoms with Crippen molar-refractivity contribution in [3.05, 3.63) is 24.3 Å². The Labute approximate surface area is 111 Å². The van der Waals surface area contributed by atoms with Crippen LogP contribution in [0.5, 0.6) is 0 Å². The number of carbonyl (C=O) groups excluding carboxylic acids is 2. The van der Waals surface area contributed by atoms with Gasteiger partial charge in [0.15, 0.2) is 0 Å². The van der Waals surface area contributed by atoms with E-state index in [1.165, 1.54) is 7.11 Å². The second-order valence-corrected chi connectivity index (χ2v) is 4.34.